The van der Waals surface area contributed by atoms with Gasteiger partial charge in [-0.25, -0.2) is 0 Å². The lowest BCUT2D eigenvalue weighted by atomic mass is 10.2. The van der Waals surface area contributed by atoms with Crippen LogP contribution in [0.25, 0.3) is 0 Å². The summed E-state index contributed by atoms with van der Waals surface area (Å²) in [5.74, 6) is -0.330. The van der Waals surface area contributed by atoms with Crippen molar-refractivity contribution in [3.63, 3.8) is 0 Å². The standard InChI is InChI=1S/C15H20BrN3O3.ClH/c1-9-2-3-10(16)6-12(9)19-14(21)4-5-17-15(22)13-7-11(20)8-18-13;/h2-3,6,11,13,18,20H,4-5,7-8H2,1H3,(H,17,22)(H,19,21);1H. The Kier molecular flexibility index (Phi) is 7.98. The van der Waals surface area contributed by atoms with Crippen molar-refractivity contribution in [1.29, 1.82) is 0 Å². The van der Waals surface area contributed by atoms with Gasteiger partial charge in [-0.3, -0.25) is 9.59 Å². The SMILES string of the molecule is Cc1ccc(Br)cc1NC(=O)CCNC(=O)C1CC(O)CN1.Cl. The Morgan fingerprint density at radius 3 is 2.83 bits per heavy atom. The molecule has 1 aliphatic heterocycles. The molecule has 0 aliphatic carbocycles. The van der Waals surface area contributed by atoms with E-state index in [0.717, 1.165) is 15.7 Å². The first-order chi connectivity index (χ1) is 10.5. The Morgan fingerprint density at radius 1 is 1.43 bits per heavy atom. The maximum absolute atomic E-state index is 11.9. The summed E-state index contributed by atoms with van der Waals surface area (Å²) in [7, 11) is 0. The van der Waals surface area contributed by atoms with Gasteiger partial charge in [0.25, 0.3) is 0 Å². The number of amides is 2. The van der Waals surface area contributed by atoms with Crippen LogP contribution in [-0.2, 0) is 9.59 Å². The van der Waals surface area contributed by atoms with Crippen LogP contribution in [-0.4, -0.2) is 42.2 Å². The fourth-order valence-corrected chi connectivity index (χ4v) is 2.64. The van der Waals surface area contributed by atoms with E-state index in [1.165, 1.54) is 0 Å². The van der Waals surface area contributed by atoms with Gasteiger partial charge in [0, 0.05) is 29.7 Å². The fourth-order valence-electron chi connectivity index (χ4n) is 2.28. The number of hydrogen-bond donors (Lipinski definition) is 4. The van der Waals surface area contributed by atoms with Crippen molar-refractivity contribution in [2.45, 2.75) is 31.9 Å². The molecule has 1 fully saturated rings. The molecule has 0 bridgehead atoms. The first-order valence-corrected chi connectivity index (χ1v) is 8.00. The van der Waals surface area contributed by atoms with Crippen LogP contribution in [0.3, 0.4) is 0 Å². The summed E-state index contributed by atoms with van der Waals surface area (Å²) in [6.45, 7) is 2.62. The molecule has 6 nitrogen and oxygen atoms in total. The number of benzene rings is 1. The number of aliphatic hydroxyl groups excluding tert-OH is 1. The number of nitrogens with one attached hydrogen (secondary N) is 3. The molecule has 2 rings (SSSR count). The maximum Gasteiger partial charge on any atom is 0.237 e. The van der Waals surface area contributed by atoms with Crippen molar-refractivity contribution < 1.29 is 14.7 Å². The summed E-state index contributed by atoms with van der Waals surface area (Å²) in [6, 6.07) is 5.30. The predicted molar refractivity (Wildman–Crippen MR) is 94.8 cm³/mol. The van der Waals surface area contributed by atoms with E-state index in [2.05, 4.69) is 31.9 Å². The van der Waals surface area contributed by atoms with Crippen LogP contribution < -0.4 is 16.0 Å². The van der Waals surface area contributed by atoms with Crippen molar-refractivity contribution in [3.8, 4) is 0 Å². The average Bonchev–Trinajstić information content (AvgIpc) is 2.89. The monoisotopic (exact) mass is 405 g/mol. The Labute approximate surface area is 149 Å². The fraction of sp³-hybridized carbons (Fsp3) is 0.467. The number of aryl methyl sites for hydroxylation is 1. The first kappa shape index (κ1) is 19.9. The highest BCUT2D eigenvalue weighted by Gasteiger charge is 2.27. The zero-order valence-electron chi connectivity index (χ0n) is 12.8. The summed E-state index contributed by atoms with van der Waals surface area (Å²) in [6.07, 6.45) is 0.140. The highest BCUT2D eigenvalue weighted by atomic mass is 79.9. The van der Waals surface area contributed by atoms with Crippen LogP contribution in [0.2, 0.25) is 0 Å². The third-order valence-electron chi connectivity index (χ3n) is 3.55. The second-order valence-corrected chi connectivity index (χ2v) is 6.31. The third-order valence-corrected chi connectivity index (χ3v) is 4.04. The van der Waals surface area contributed by atoms with Gasteiger partial charge in [-0.15, -0.1) is 12.4 Å². The Balaban J connectivity index is 0.00000264. The number of halogens is 2. The van der Waals surface area contributed by atoms with Crippen molar-refractivity contribution in [3.05, 3.63) is 28.2 Å². The molecule has 2 atom stereocenters. The summed E-state index contributed by atoms with van der Waals surface area (Å²) in [5.41, 5.74) is 1.73. The van der Waals surface area contributed by atoms with Crippen LogP contribution in [0, 0.1) is 6.92 Å². The molecular formula is C15H21BrClN3O3. The molecule has 2 unspecified atom stereocenters. The highest BCUT2D eigenvalue weighted by Crippen LogP contribution is 2.20. The van der Waals surface area contributed by atoms with Crippen LogP contribution >= 0.6 is 28.3 Å². The molecule has 0 saturated carbocycles. The molecule has 1 saturated heterocycles. The van der Waals surface area contributed by atoms with Gasteiger partial charge in [0.05, 0.1) is 12.1 Å². The minimum absolute atomic E-state index is 0. The van der Waals surface area contributed by atoms with Crippen molar-refractivity contribution in [1.82, 2.24) is 10.6 Å². The lowest BCUT2D eigenvalue weighted by Gasteiger charge is -2.12. The van der Waals surface area contributed by atoms with Crippen LogP contribution in [0.4, 0.5) is 5.69 Å². The van der Waals surface area contributed by atoms with Crippen molar-refractivity contribution in [2.24, 2.45) is 0 Å². The molecule has 1 aromatic rings. The van der Waals surface area contributed by atoms with E-state index in [1.807, 2.05) is 25.1 Å². The van der Waals surface area contributed by atoms with Gasteiger partial charge in [-0.05, 0) is 31.0 Å². The number of rotatable bonds is 5. The lowest BCUT2D eigenvalue weighted by molar-refractivity contribution is -0.123. The van der Waals surface area contributed by atoms with Gasteiger partial charge in [0.2, 0.25) is 11.8 Å². The molecule has 23 heavy (non-hydrogen) atoms. The normalized spacial score (nSPS) is 19.8. The Bertz CT molecular complexity index is 571. The molecule has 1 heterocycles. The van der Waals surface area contributed by atoms with Gasteiger partial charge in [0.15, 0.2) is 0 Å². The van der Waals surface area contributed by atoms with Crippen LogP contribution in [0.5, 0.6) is 0 Å². The average molecular weight is 407 g/mol. The van der Waals surface area contributed by atoms with Crippen LogP contribution in [0.1, 0.15) is 18.4 Å². The minimum Gasteiger partial charge on any atom is -0.392 e. The number of hydrogen-bond acceptors (Lipinski definition) is 4. The quantitative estimate of drug-likeness (QED) is 0.594. The molecule has 2 amide bonds. The minimum atomic E-state index is -0.474. The van der Waals surface area contributed by atoms with E-state index in [9.17, 15) is 14.7 Å². The largest absolute Gasteiger partial charge is 0.392 e. The number of carbonyl (C=O) groups excluding carboxylic acids is 2. The van der Waals surface area contributed by atoms with Crippen molar-refractivity contribution >= 4 is 45.8 Å². The predicted octanol–water partition coefficient (Wildman–Crippen LogP) is 1.35. The maximum atomic E-state index is 11.9. The van der Waals surface area contributed by atoms with Gasteiger partial charge in [0.1, 0.15) is 0 Å². The Morgan fingerprint density at radius 2 is 2.17 bits per heavy atom. The van der Waals surface area contributed by atoms with Gasteiger partial charge in [-0.1, -0.05) is 22.0 Å². The van der Waals surface area contributed by atoms with Crippen molar-refractivity contribution in [2.75, 3.05) is 18.4 Å². The summed E-state index contributed by atoms with van der Waals surface area (Å²) in [4.78, 5) is 23.7. The number of carbonyl (C=O) groups is 2. The second-order valence-electron chi connectivity index (χ2n) is 5.40. The molecule has 128 valence electrons. The van der Waals surface area contributed by atoms with Gasteiger partial charge >= 0.3 is 0 Å². The molecule has 0 spiro atoms. The van der Waals surface area contributed by atoms with E-state index in [-0.39, 0.29) is 43.2 Å². The Hall–Kier alpha value is -1.15. The molecule has 1 aliphatic rings. The molecule has 4 N–H and O–H groups in total. The van der Waals surface area contributed by atoms with E-state index in [0.29, 0.717) is 13.0 Å². The number of anilines is 1. The summed E-state index contributed by atoms with van der Waals surface area (Å²) in [5, 5.41) is 17.8. The highest BCUT2D eigenvalue weighted by molar-refractivity contribution is 9.10. The first-order valence-electron chi connectivity index (χ1n) is 7.21. The topological polar surface area (TPSA) is 90.5 Å². The number of aliphatic hydroxyl groups is 1. The zero-order valence-corrected chi connectivity index (χ0v) is 15.2. The zero-order chi connectivity index (χ0) is 16.1. The van der Waals surface area contributed by atoms with E-state index in [4.69, 9.17) is 0 Å². The lowest BCUT2D eigenvalue weighted by Crippen LogP contribution is -2.41. The van der Waals surface area contributed by atoms with Crippen LogP contribution in [0.15, 0.2) is 22.7 Å². The van der Waals surface area contributed by atoms with E-state index < -0.39 is 6.10 Å². The molecule has 0 aromatic heterocycles. The molecule has 1 aromatic carbocycles. The second kappa shape index (κ2) is 9.22. The smallest absolute Gasteiger partial charge is 0.237 e. The molecule has 8 heteroatoms. The molecule has 0 radical (unpaired) electrons. The third kappa shape index (κ3) is 6.10. The van der Waals surface area contributed by atoms with E-state index >= 15 is 0 Å². The summed E-state index contributed by atoms with van der Waals surface area (Å²) < 4.78 is 0.896. The molecular weight excluding hydrogens is 386 g/mol. The summed E-state index contributed by atoms with van der Waals surface area (Å²) >= 11 is 3.36. The van der Waals surface area contributed by atoms with E-state index in [1.54, 1.807) is 0 Å². The van der Waals surface area contributed by atoms with Gasteiger partial charge < -0.3 is 21.1 Å². The van der Waals surface area contributed by atoms with Gasteiger partial charge in [-0.2, -0.15) is 0 Å². The number of β-amino-alcohol motifs (C(OH)–C–C–N with tert-alkyl or cyclic N) is 1.